The third-order valence-corrected chi connectivity index (χ3v) is 4.75. The van der Waals surface area contributed by atoms with Gasteiger partial charge in [0.1, 0.15) is 5.82 Å². The molecule has 0 bridgehead atoms. The first kappa shape index (κ1) is 19.5. The molecule has 3 rings (SSSR count). The van der Waals surface area contributed by atoms with E-state index in [0.717, 1.165) is 29.1 Å². The average Bonchev–Trinajstić information content (AvgIpc) is 2.74. The van der Waals surface area contributed by atoms with E-state index in [4.69, 9.17) is 0 Å². The maximum atomic E-state index is 13.0. The van der Waals surface area contributed by atoms with Gasteiger partial charge >= 0.3 is 0 Å². The van der Waals surface area contributed by atoms with E-state index < -0.39 is 0 Å². The van der Waals surface area contributed by atoms with Gasteiger partial charge in [-0.25, -0.2) is 4.98 Å². The molecule has 144 valence electrons. The largest absolute Gasteiger partial charge is 0.361 e. The van der Waals surface area contributed by atoms with E-state index in [1.54, 1.807) is 23.5 Å². The Labute approximate surface area is 165 Å². The summed E-state index contributed by atoms with van der Waals surface area (Å²) >= 11 is 0. The standard InChI is InChI=1S/C22H25N5O/c1-5-20(18-7-6-12-23-13-18)27(4)22(28)17-10-8-16(9-11-17)19-14-24-15-21(25-19)26(2)3/h6-15,20H,5H2,1-4H3/t20-/m1/s1. The lowest BCUT2D eigenvalue weighted by Crippen LogP contribution is -2.31. The number of rotatable bonds is 6. The molecule has 28 heavy (non-hydrogen) atoms. The fourth-order valence-electron chi connectivity index (χ4n) is 3.15. The minimum Gasteiger partial charge on any atom is -0.361 e. The summed E-state index contributed by atoms with van der Waals surface area (Å²) in [5.41, 5.74) is 3.38. The van der Waals surface area contributed by atoms with Gasteiger partial charge in [0.25, 0.3) is 5.91 Å². The Morgan fingerprint density at radius 1 is 1.00 bits per heavy atom. The molecule has 0 radical (unpaired) electrons. The molecular weight excluding hydrogens is 350 g/mol. The number of anilines is 1. The Balaban J connectivity index is 1.81. The summed E-state index contributed by atoms with van der Waals surface area (Å²) in [5.74, 6) is 0.773. The van der Waals surface area contributed by atoms with Gasteiger partial charge in [-0.2, -0.15) is 0 Å². The summed E-state index contributed by atoms with van der Waals surface area (Å²) in [5, 5.41) is 0. The zero-order valence-electron chi connectivity index (χ0n) is 16.7. The highest BCUT2D eigenvalue weighted by molar-refractivity contribution is 5.94. The lowest BCUT2D eigenvalue weighted by molar-refractivity contribution is 0.0726. The summed E-state index contributed by atoms with van der Waals surface area (Å²) in [6.45, 7) is 2.07. The lowest BCUT2D eigenvalue weighted by atomic mass is 10.0. The molecule has 0 N–H and O–H groups in total. The first-order valence-electron chi connectivity index (χ1n) is 9.28. The van der Waals surface area contributed by atoms with Crippen LogP contribution < -0.4 is 4.90 Å². The van der Waals surface area contributed by atoms with E-state index in [0.29, 0.717) is 5.56 Å². The fourth-order valence-corrected chi connectivity index (χ4v) is 3.15. The molecule has 1 aromatic carbocycles. The maximum absolute atomic E-state index is 13.0. The Kier molecular flexibility index (Phi) is 5.99. The van der Waals surface area contributed by atoms with Crippen LogP contribution in [0.4, 0.5) is 5.82 Å². The third kappa shape index (κ3) is 4.17. The van der Waals surface area contributed by atoms with E-state index >= 15 is 0 Å². The van der Waals surface area contributed by atoms with Crippen molar-refractivity contribution in [3.8, 4) is 11.3 Å². The molecule has 0 saturated heterocycles. The van der Waals surface area contributed by atoms with Crippen molar-refractivity contribution in [3.05, 3.63) is 72.3 Å². The third-order valence-electron chi connectivity index (χ3n) is 4.75. The van der Waals surface area contributed by atoms with Gasteiger partial charge in [-0.05, 0) is 30.2 Å². The van der Waals surface area contributed by atoms with Gasteiger partial charge < -0.3 is 9.80 Å². The summed E-state index contributed by atoms with van der Waals surface area (Å²) < 4.78 is 0. The van der Waals surface area contributed by atoms with Crippen LogP contribution in [0.1, 0.15) is 35.3 Å². The first-order chi connectivity index (χ1) is 13.5. The van der Waals surface area contributed by atoms with Crippen LogP contribution in [-0.2, 0) is 0 Å². The van der Waals surface area contributed by atoms with Crippen molar-refractivity contribution in [1.29, 1.82) is 0 Å². The molecule has 0 unspecified atom stereocenters. The predicted octanol–water partition coefficient (Wildman–Crippen LogP) is 3.83. The van der Waals surface area contributed by atoms with Gasteiger partial charge in [0.2, 0.25) is 0 Å². The van der Waals surface area contributed by atoms with E-state index in [1.165, 1.54) is 0 Å². The molecule has 0 aliphatic heterocycles. The topological polar surface area (TPSA) is 62.2 Å². The van der Waals surface area contributed by atoms with E-state index in [1.807, 2.05) is 68.6 Å². The van der Waals surface area contributed by atoms with Gasteiger partial charge in [0, 0.05) is 44.7 Å². The van der Waals surface area contributed by atoms with Crippen molar-refractivity contribution in [3.63, 3.8) is 0 Å². The first-order valence-corrected chi connectivity index (χ1v) is 9.28. The summed E-state index contributed by atoms with van der Waals surface area (Å²) in [6.07, 6.45) is 7.83. The molecule has 0 fully saturated rings. The highest BCUT2D eigenvalue weighted by Gasteiger charge is 2.21. The second kappa shape index (κ2) is 8.61. The molecule has 3 aromatic rings. The van der Waals surface area contributed by atoms with Crippen LogP contribution in [-0.4, -0.2) is 46.9 Å². The van der Waals surface area contributed by atoms with Gasteiger partial charge in [0.05, 0.1) is 24.1 Å². The molecule has 1 atom stereocenters. The van der Waals surface area contributed by atoms with Crippen LogP contribution in [0.5, 0.6) is 0 Å². The number of carbonyl (C=O) groups is 1. The van der Waals surface area contributed by atoms with Crippen molar-refractivity contribution in [1.82, 2.24) is 19.9 Å². The highest BCUT2D eigenvalue weighted by Crippen LogP contribution is 2.25. The SMILES string of the molecule is CC[C@H](c1cccnc1)N(C)C(=O)c1ccc(-c2cncc(N(C)C)n2)cc1. The smallest absolute Gasteiger partial charge is 0.254 e. The minimum absolute atomic E-state index is 0.0106. The van der Waals surface area contributed by atoms with Gasteiger partial charge in [-0.1, -0.05) is 25.1 Å². The number of pyridine rings is 1. The van der Waals surface area contributed by atoms with Gasteiger partial charge in [-0.15, -0.1) is 0 Å². The minimum atomic E-state index is -0.0182. The molecule has 0 aliphatic carbocycles. The molecule has 0 spiro atoms. The molecule has 0 saturated carbocycles. The van der Waals surface area contributed by atoms with Crippen molar-refractivity contribution in [2.75, 3.05) is 26.0 Å². The Hall–Kier alpha value is -3.28. The fraction of sp³-hybridized carbons (Fsp3) is 0.273. The Morgan fingerprint density at radius 2 is 1.75 bits per heavy atom. The molecule has 2 heterocycles. The molecule has 6 nitrogen and oxygen atoms in total. The quantitative estimate of drug-likeness (QED) is 0.655. The summed E-state index contributed by atoms with van der Waals surface area (Å²) in [6, 6.07) is 11.4. The number of nitrogens with zero attached hydrogens (tertiary/aromatic N) is 5. The van der Waals surface area contributed by atoms with Crippen LogP contribution in [0, 0.1) is 0 Å². The Bertz CT molecular complexity index is 925. The van der Waals surface area contributed by atoms with Crippen LogP contribution in [0.3, 0.4) is 0 Å². The van der Waals surface area contributed by atoms with E-state index in [2.05, 4.69) is 21.9 Å². The second-order valence-electron chi connectivity index (χ2n) is 6.86. The molecule has 0 aliphatic rings. The second-order valence-corrected chi connectivity index (χ2v) is 6.86. The van der Waals surface area contributed by atoms with E-state index in [-0.39, 0.29) is 11.9 Å². The monoisotopic (exact) mass is 375 g/mol. The van der Waals surface area contributed by atoms with Crippen LogP contribution >= 0.6 is 0 Å². The predicted molar refractivity (Wildman–Crippen MR) is 111 cm³/mol. The zero-order chi connectivity index (χ0) is 20.1. The maximum Gasteiger partial charge on any atom is 0.254 e. The van der Waals surface area contributed by atoms with E-state index in [9.17, 15) is 4.79 Å². The van der Waals surface area contributed by atoms with Gasteiger partial charge in [-0.3, -0.25) is 14.8 Å². The molecule has 2 aromatic heterocycles. The van der Waals surface area contributed by atoms with Crippen LogP contribution in [0.2, 0.25) is 0 Å². The average molecular weight is 375 g/mol. The number of amides is 1. The van der Waals surface area contributed by atoms with Crippen molar-refractivity contribution < 1.29 is 4.79 Å². The number of carbonyl (C=O) groups excluding carboxylic acids is 1. The summed E-state index contributed by atoms with van der Waals surface area (Å²) in [4.78, 5) is 29.7. The Morgan fingerprint density at radius 3 is 2.36 bits per heavy atom. The number of hydrogen-bond donors (Lipinski definition) is 0. The number of benzene rings is 1. The van der Waals surface area contributed by atoms with Crippen molar-refractivity contribution in [2.45, 2.75) is 19.4 Å². The number of hydrogen-bond acceptors (Lipinski definition) is 5. The number of aromatic nitrogens is 3. The van der Waals surface area contributed by atoms with Crippen molar-refractivity contribution >= 4 is 11.7 Å². The molecule has 1 amide bonds. The lowest BCUT2D eigenvalue weighted by Gasteiger charge is -2.27. The van der Waals surface area contributed by atoms with Gasteiger partial charge in [0.15, 0.2) is 0 Å². The molecule has 6 heteroatoms. The highest BCUT2D eigenvalue weighted by atomic mass is 16.2. The summed E-state index contributed by atoms with van der Waals surface area (Å²) in [7, 11) is 5.69. The molecular formula is C22H25N5O. The van der Waals surface area contributed by atoms with Crippen molar-refractivity contribution in [2.24, 2.45) is 0 Å². The van der Waals surface area contributed by atoms with Crippen LogP contribution in [0.15, 0.2) is 61.2 Å². The zero-order valence-corrected chi connectivity index (χ0v) is 16.7. The normalized spacial score (nSPS) is 11.7. The van der Waals surface area contributed by atoms with Crippen LogP contribution in [0.25, 0.3) is 11.3 Å².